The maximum Gasteiger partial charge on any atom is 0.337 e. The van der Waals surface area contributed by atoms with Gasteiger partial charge < -0.3 is 4.74 Å². The number of ether oxygens (including phenoxy) is 1. The molecule has 0 N–H and O–H groups in total. The van der Waals surface area contributed by atoms with Crippen molar-refractivity contribution < 1.29 is 9.53 Å². The van der Waals surface area contributed by atoms with E-state index in [0.29, 0.717) is 5.56 Å². The van der Waals surface area contributed by atoms with Crippen LogP contribution in [0.25, 0.3) is 0 Å². The summed E-state index contributed by atoms with van der Waals surface area (Å²) in [4.78, 5) is 11.0. The topological polar surface area (TPSA) is 26.3 Å². The van der Waals surface area contributed by atoms with E-state index >= 15 is 0 Å². The van der Waals surface area contributed by atoms with Crippen LogP contribution in [0.2, 0.25) is 0 Å². The molecule has 0 saturated carbocycles. The predicted molar refractivity (Wildman–Crippen MR) is 51.4 cm³/mol. The van der Waals surface area contributed by atoms with Gasteiger partial charge in [-0.2, -0.15) is 0 Å². The Balaban J connectivity index is 2.80. The average Bonchev–Trinajstić information content (AvgIpc) is 2.18. The minimum Gasteiger partial charge on any atom is -0.465 e. The third kappa shape index (κ3) is 2.44. The molecule has 0 unspecified atom stereocenters. The van der Waals surface area contributed by atoms with Gasteiger partial charge in [-0.3, -0.25) is 0 Å². The fraction of sp³-hybridized carbons (Fsp3) is 0.0909. The van der Waals surface area contributed by atoms with Crippen molar-refractivity contribution in [3.05, 3.63) is 54.5 Å². The number of hydrogen-bond donors (Lipinski definition) is 0. The highest BCUT2D eigenvalue weighted by molar-refractivity contribution is 5.89. The molecule has 2 nitrogen and oxygen atoms in total. The van der Waals surface area contributed by atoms with Gasteiger partial charge in [0.15, 0.2) is 0 Å². The lowest BCUT2D eigenvalue weighted by molar-refractivity contribution is 0.0601. The summed E-state index contributed by atoms with van der Waals surface area (Å²) in [5, 5.41) is 0. The molecule has 0 atom stereocenters. The smallest absolute Gasteiger partial charge is 0.337 e. The van der Waals surface area contributed by atoms with Crippen LogP contribution in [0, 0.1) is 6.42 Å². The molecule has 1 aromatic rings. The van der Waals surface area contributed by atoms with E-state index in [4.69, 9.17) is 0 Å². The summed E-state index contributed by atoms with van der Waals surface area (Å²) in [6.07, 6.45) is 3.56. The molecule has 0 fully saturated rings. The van der Waals surface area contributed by atoms with E-state index < -0.39 is 0 Å². The normalized spacial score (nSPS) is 9.31. The first-order valence-corrected chi connectivity index (χ1v) is 3.92. The molecule has 67 valence electrons. The standard InChI is InChI=1S/C11H11O2/c1-3-4-9-5-7-10(8-6-9)11(12)13-2/h3-8H,1H2,2H3. The highest BCUT2D eigenvalue weighted by Crippen LogP contribution is 2.07. The highest BCUT2D eigenvalue weighted by atomic mass is 16.5. The van der Waals surface area contributed by atoms with Crippen LogP contribution in [0.3, 0.4) is 0 Å². The number of methoxy groups -OCH3 is 1. The molecular formula is C11H11O2. The van der Waals surface area contributed by atoms with Crippen molar-refractivity contribution in [3.63, 3.8) is 0 Å². The number of esters is 1. The van der Waals surface area contributed by atoms with Gasteiger partial charge in [0.25, 0.3) is 0 Å². The van der Waals surface area contributed by atoms with E-state index in [1.54, 1.807) is 18.2 Å². The van der Waals surface area contributed by atoms with Gasteiger partial charge in [-0.25, -0.2) is 4.79 Å². The van der Waals surface area contributed by atoms with Crippen molar-refractivity contribution >= 4 is 5.97 Å². The highest BCUT2D eigenvalue weighted by Gasteiger charge is 2.03. The summed E-state index contributed by atoms with van der Waals surface area (Å²) >= 11 is 0. The van der Waals surface area contributed by atoms with E-state index in [-0.39, 0.29) is 5.97 Å². The number of hydrogen-bond acceptors (Lipinski definition) is 2. The molecule has 0 aliphatic heterocycles. The van der Waals surface area contributed by atoms with Gasteiger partial charge in [-0.05, 0) is 17.7 Å². The lowest BCUT2D eigenvalue weighted by Crippen LogP contribution is -2.00. The molecule has 13 heavy (non-hydrogen) atoms. The number of carbonyl (C=O) groups is 1. The van der Waals surface area contributed by atoms with Gasteiger partial charge in [-0.1, -0.05) is 18.2 Å². The van der Waals surface area contributed by atoms with Crippen LogP contribution in [0.15, 0.2) is 36.9 Å². The first kappa shape index (κ1) is 9.52. The molecule has 0 heterocycles. The molecule has 2 heteroatoms. The van der Waals surface area contributed by atoms with Gasteiger partial charge in [-0.15, -0.1) is 6.58 Å². The summed E-state index contributed by atoms with van der Waals surface area (Å²) in [7, 11) is 1.37. The van der Waals surface area contributed by atoms with Gasteiger partial charge in [0, 0.05) is 6.42 Å². The fourth-order valence-electron chi connectivity index (χ4n) is 0.984. The second-order valence-corrected chi connectivity index (χ2v) is 2.52. The molecule has 0 saturated heterocycles. The second kappa shape index (κ2) is 4.45. The fourth-order valence-corrected chi connectivity index (χ4v) is 0.984. The van der Waals surface area contributed by atoms with Crippen molar-refractivity contribution in [2.24, 2.45) is 0 Å². The Hall–Kier alpha value is -1.57. The van der Waals surface area contributed by atoms with Crippen LogP contribution < -0.4 is 0 Å². The number of rotatable bonds is 3. The summed E-state index contributed by atoms with van der Waals surface area (Å²) in [6.45, 7) is 3.58. The minimum atomic E-state index is -0.315. The Kier molecular flexibility index (Phi) is 3.26. The molecule has 1 aromatic carbocycles. The molecule has 0 aliphatic rings. The van der Waals surface area contributed by atoms with E-state index in [2.05, 4.69) is 11.3 Å². The molecule has 0 amide bonds. The number of benzene rings is 1. The summed E-state index contributed by atoms with van der Waals surface area (Å²) in [5.74, 6) is -0.315. The SMILES string of the molecule is C=C[CH]c1ccc(C(=O)OC)cc1. The molecule has 1 rings (SSSR count). The molecule has 0 spiro atoms. The molecule has 0 aromatic heterocycles. The van der Waals surface area contributed by atoms with Crippen LogP contribution >= 0.6 is 0 Å². The van der Waals surface area contributed by atoms with E-state index in [0.717, 1.165) is 5.56 Å². The first-order chi connectivity index (χ1) is 6.27. The second-order valence-electron chi connectivity index (χ2n) is 2.52. The summed E-state index contributed by atoms with van der Waals surface area (Å²) < 4.78 is 4.57. The predicted octanol–water partition coefficient (Wildman–Crippen LogP) is 2.21. The summed E-state index contributed by atoms with van der Waals surface area (Å²) in [5.41, 5.74) is 1.58. The Labute approximate surface area is 77.8 Å². The Morgan fingerprint density at radius 1 is 1.38 bits per heavy atom. The van der Waals surface area contributed by atoms with Crippen molar-refractivity contribution in [1.29, 1.82) is 0 Å². The molecule has 0 bridgehead atoms. The number of allylic oxidation sites excluding steroid dienone is 1. The van der Waals surface area contributed by atoms with Crippen LogP contribution in [0.5, 0.6) is 0 Å². The minimum absolute atomic E-state index is 0.315. The van der Waals surface area contributed by atoms with Crippen LogP contribution in [-0.2, 0) is 4.74 Å². The lowest BCUT2D eigenvalue weighted by Gasteiger charge is -1.99. The molecular weight excluding hydrogens is 164 g/mol. The van der Waals surface area contributed by atoms with Gasteiger partial charge in [0.2, 0.25) is 0 Å². The average molecular weight is 175 g/mol. The monoisotopic (exact) mass is 175 g/mol. The van der Waals surface area contributed by atoms with Crippen molar-refractivity contribution in [2.75, 3.05) is 7.11 Å². The maximum absolute atomic E-state index is 11.0. The van der Waals surface area contributed by atoms with Crippen LogP contribution in [-0.4, -0.2) is 13.1 Å². The van der Waals surface area contributed by atoms with Gasteiger partial charge in [0.05, 0.1) is 12.7 Å². The Morgan fingerprint density at radius 2 is 2.00 bits per heavy atom. The third-order valence-electron chi connectivity index (χ3n) is 1.64. The zero-order valence-corrected chi connectivity index (χ0v) is 7.49. The van der Waals surface area contributed by atoms with Crippen LogP contribution in [0.4, 0.5) is 0 Å². The molecule has 0 aliphatic carbocycles. The Bertz CT molecular complexity index is 298. The van der Waals surface area contributed by atoms with Crippen molar-refractivity contribution in [2.45, 2.75) is 0 Å². The Morgan fingerprint density at radius 3 is 2.46 bits per heavy atom. The maximum atomic E-state index is 11.0. The van der Waals surface area contributed by atoms with Crippen molar-refractivity contribution in [1.82, 2.24) is 0 Å². The largest absolute Gasteiger partial charge is 0.465 e. The summed E-state index contributed by atoms with van der Waals surface area (Å²) in [6, 6.07) is 7.13. The van der Waals surface area contributed by atoms with Crippen LogP contribution in [0.1, 0.15) is 15.9 Å². The van der Waals surface area contributed by atoms with E-state index in [1.807, 2.05) is 18.6 Å². The van der Waals surface area contributed by atoms with Gasteiger partial charge >= 0.3 is 5.97 Å². The zero-order chi connectivity index (χ0) is 9.68. The van der Waals surface area contributed by atoms with E-state index in [9.17, 15) is 4.79 Å². The quantitative estimate of drug-likeness (QED) is 0.658. The zero-order valence-electron chi connectivity index (χ0n) is 7.49. The first-order valence-electron chi connectivity index (χ1n) is 3.92. The lowest BCUT2D eigenvalue weighted by atomic mass is 10.1. The molecule has 1 radical (unpaired) electrons. The van der Waals surface area contributed by atoms with Crippen molar-refractivity contribution in [3.8, 4) is 0 Å². The van der Waals surface area contributed by atoms with E-state index in [1.165, 1.54) is 7.11 Å². The number of carbonyl (C=O) groups excluding carboxylic acids is 1. The third-order valence-corrected chi connectivity index (χ3v) is 1.64. The van der Waals surface area contributed by atoms with Gasteiger partial charge in [0.1, 0.15) is 0 Å².